The predicted molar refractivity (Wildman–Crippen MR) is 100 cm³/mol. The number of carbonyl (C=O) groups excluding carboxylic acids is 2. The van der Waals surface area contributed by atoms with Crippen LogP contribution in [-0.2, 0) is 11.2 Å². The topological polar surface area (TPSA) is 58.2 Å². The van der Waals surface area contributed by atoms with E-state index in [1.165, 1.54) is 11.6 Å². The van der Waals surface area contributed by atoms with E-state index in [0.29, 0.717) is 17.3 Å². The minimum atomic E-state index is -0.223. The van der Waals surface area contributed by atoms with Crippen LogP contribution in [-0.4, -0.2) is 17.9 Å². The highest BCUT2D eigenvalue weighted by atomic mass is 16.2. The Labute approximate surface area is 148 Å². The van der Waals surface area contributed by atoms with Crippen molar-refractivity contribution in [2.24, 2.45) is 0 Å². The van der Waals surface area contributed by atoms with Crippen LogP contribution < -0.4 is 10.6 Å². The molecule has 0 saturated heterocycles. The molecule has 2 amide bonds. The maximum absolute atomic E-state index is 12.1. The van der Waals surface area contributed by atoms with Crippen LogP contribution in [0, 0.1) is 0 Å². The Morgan fingerprint density at radius 2 is 1.88 bits per heavy atom. The highest BCUT2D eigenvalue weighted by molar-refractivity contribution is 6.03. The molecule has 2 aromatic rings. The average Bonchev–Trinajstić information content (AvgIpc) is 3.44. The summed E-state index contributed by atoms with van der Waals surface area (Å²) in [6.07, 6.45) is 6.36. The Kier molecular flexibility index (Phi) is 5.29. The first-order chi connectivity index (χ1) is 12.1. The van der Waals surface area contributed by atoms with Gasteiger partial charge in [0, 0.05) is 23.4 Å². The summed E-state index contributed by atoms with van der Waals surface area (Å²) in [5, 5.41) is 5.73. The molecule has 25 heavy (non-hydrogen) atoms. The number of hydrogen-bond acceptors (Lipinski definition) is 2. The van der Waals surface area contributed by atoms with E-state index in [9.17, 15) is 9.59 Å². The van der Waals surface area contributed by atoms with Crippen molar-refractivity contribution in [2.75, 3.05) is 5.32 Å². The Balaban J connectivity index is 1.59. The molecule has 2 N–H and O–H groups in total. The summed E-state index contributed by atoms with van der Waals surface area (Å²) in [7, 11) is 0. The summed E-state index contributed by atoms with van der Waals surface area (Å²) in [6.45, 7) is 2.11. The van der Waals surface area contributed by atoms with Gasteiger partial charge in [0.15, 0.2) is 0 Å². The van der Waals surface area contributed by atoms with Crippen molar-refractivity contribution in [3.63, 3.8) is 0 Å². The first-order valence-electron chi connectivity index (χ1n) is 8.63. The van der Waals surface area contributed by atoms with Crippen LogP contribution in [0.5, 0.6) is 0 Å². The van der Waals surface area contributed by atoms with Gasteiger partial charge in [0.1, 0.15) is 0 Å². The molecule has 0 atom stereocenters. The molecule has 1 fully saturated rings. The third-order valence-corrected chi connectivity index (χ3v) is 4.12. The number of hydrogen-bond donors (Lipinski definition) is 2. The van der Waals surface area contributed by atoms with Gasteiger partial charge < -0.3 is 10.6 Å². The van der Waals surface area contributed by atoms with Crippen LogP contribution in [0.1, 0.15) is 41.3 Å². The zero-order valence-corrected chi connectivity index (χ0v) is 14.3. The van der Waals surface area contributed by atoms with Gasteiger partial charge in [0.05, 0.1) is 0 Å². The normalized spacial score (nSPS) is 13.6. The molecule has 1 aliphatic rings. The lowest BCUT2D eigenvalue weighted by Crippen LogP contribution is -2.25. The monoisotopic (exact) mass is 334 g/mol. The molecule has 0 aliphatic heterocycles. The van der Waals surface area contributed by atoms with Crippen molar-refractivity contribution in [1.29, 1.82) is 0 Å². The van der Waals surface area contributed by atoms with Crippen LogP contribution in [0.3, 0.4) is 0 Å². The number of carbonyl (C=O) groups is 2. The van der Waals surface area contributed by atoms with Crippen molar-refractivity contribution in [3.05, 3.63) is 71.3 Å². The standard InChI is InChI=1S/C21H22N2O2/c1-2-15-6-8-16(9-7-15)10-13-20(24)22-19-5-3-4-17(14-19)21(25)23-18-11-12-18/h3-10,13-14,18H,2,11-12H2,1H3,(H,22,24)(H,23,25)/b13-10+. The van der Waals surface area contributed by atoms with Gasteiger partial charge in [-0.1, -0.05) is 37.3 Å². The summed E-state index contributed by atoms with van der Waals surface area (Å²) >= 11 is 0. The fourth-order valence-corrected chi connectivity index (χ4v) is 2.45. The molecular weight excluding hydrogens is 312 g/mol. The summed E-state index contributed by atoms with van der Waals surface area (Å²) in [6, 6.07) is 15.4. The van der Waals surface area contributed by atoms with E-state index in [1.54, 1.807) is 30.3 Å². The van der Waals surface area contributed by atoms with Crippen LogP contribution in [0.25, 0.3) is 6.08 Å². The first-order valence-corrected chi connectivity index (χ1v) is 8.63. The molecule has 0 spiro atoms. The molecule has 1 saturated carbocycles. The van der Waals surface area contributed by atoms with E-state index in [0.717, 1.165) is 24.8 Å². The molecule has 3 rings (SSSR count). The van der Waals surface area contributed by atoms with Crippen LogP contribution in [0.2, 0.25) is 0 Å². The van der Waals surface area contributed by atoms with Gasteiger partial charge in [-0.15, -0.1) is 0 Å². The number of benzene rings is 2. The van der Waals surface area contributed by atoms with Crippen molar-refractivity contribution in [2.45, 2.75) is 32.2 Å². The maximum Gasteiger partial charge on any atom is 0.251 e. The summed E-state index contributed by atoms with van der Waals surface area (Å²) < 4.78 is 0. The number of rotatable bonds is 6. The molecule has 0 radical (unpaired) electrons. The largest absolute Gasteiger partial charge is 0.349 e. The van der Waals surface area contributed by atoms with Crippen molar-refractivity contribution in [1.82, 2.24) is 5.32 Å². The fourth-order valence-electron chi connectivity index (χ4n) is 2.45. The smallest absolute Gasteiger partial charge is 0.251 e. The molecule has 0 unspecified atom stereocenters. The second-order valence-electron chi connectivity index (χ2n) is 6.25. The van der Waals surface area contributed by atoms with Crippen LogP contribution >= 0.6 is 0 Å². The highest BCUT2D eigenvalue weighted by Gasteiger charge is 2.23. The zero-order chi connectivity index (χ0) is 17.6. The number of nitrogens with one attached hydrogen (secondary N) is 2. The van der Waals surface area contributed by atoms with Gasteiger partial charge in [-0.05, 0) is 54.7 Å². The highest BCUT2D eigenvalue weighted by Crippen LogP contribution is 2.20. The molecule has 0 bridgehead atoms. The SMILES string of the molecule is CCc1ccc(/C=C/C(=O)Nc2cccc(C(=O)NC3CC3)c2)cc1. The predicted octanol–water partition coefficient (Wildman–Crippen LogP) is 3.79. The summed E-state index contributed by atoms with van der Waals surface area (Å²) in [5.74, 6) is -0.315. The molecule has 0 heterocycles. The van der Waals surface area contributed by atoms with Crippen LogP contribution in [0.4, 0.5) is 5.69 Å². The zero-order valence-electron chi connectivity index (χ0n) is 14.3. The van der Waals surface area contributed by atoms with Gasteiger partial charge >= 0.3 is 0 Å². The van der Waals surface area contributed by atoms with Gasteiger partial charge in [0.25, 0.3) is 5.91 Å². The van der Waals surface area contributed by atoms with Gasteiger partial charge in [-0.3, -0.25) is 9.59 Å². The molecule has 0 aromatic heterocycles. The molecule has 128 valence electrons. The Morgan fingerprint density at radius 3 is 2.56 bits per heavy atom. The molecular formula is C21H22N2O2. The second kappa shape index (κ2) is 7.79. The van der Waals surface area contributed by atoms with Crippen molar-refractivity contribution < 1.29 is 9.59 Å². The quantitative estimate of drug-likeness (QED) is 0.790. The van der Waals surface area contributed by atoms with Gasteiger partial charge in [-0.25, -0.2) is 0 Å². The molecule has 4 nitrogen and oxygen atoms in total. The van der Waals surface area contributed by atoms with E-state index in [-0.39, 0.29) is 11.8 Å². The summed E-state index contributed by atoms with van der Waals surface area (Å²) in [4.78, 5) is 24.1. The number of amides is 2. The molecule has 1 aliphatic carbocycles. The van der Waals surface area contributed by atoms with E-state index in [2.05, 4.69) is 29.7 Å². The molecule has 4 heteroatoms. The average molecular weight is 334 g/mol. The van der Waals surface area contributed by atoms with Crippen molar-refractivity contribution in [3.8, 4) is 0 Å². The van der Waals surface area contributed by atoms with Crippen molar-refractivity contribution >= 4 is 23.6 Å². The van der Waals surface area contributed by atoms with E-state index in [4.69, 9.17) is 0 Å². The van der Waals surface area contributed by atoms with E-state index < -0.39 is 0 Å². The minimum Gasteiger partial charge on any atom is -0.349 e. The van der Waals surface area contributed by atoms with E-state index >= 15 is 0 Å². The Bertz CT molecular complexity index is 790. The lowest BCUT2D eigenvalue weighted by atomic mass is 10.1. The third-order valence-electron chi connectivity index (χ3n) is 4.12. The Hall–Kier alpha value is -2.88. The Morgan fingerprint density at radius 1 is 1.12 bits per heavy atom. The lowest BCUT2D eigenvalue weighted by molar-refractivity contribution is -0.111. The second-order valence-corrected chi connectivity index (χ2v) is 6.25. The minimum absolute atomic E-state index is 0.0924. The first kappa shape index (κ1) is 17.0. The maximum atomic E-state index is 12.1. The third kappa shape index (κ3) is 5.05. The number of aryl methyl sites for hydroxylation is 1. The summed E-state index contributed by atoms with van der Waals surface area (Å²) in [5.41, 5.74) is 3.41. The van der Waals surface area contributed by atoms with Gasteiger partial charge in [-0.2, -0.15) is 0 Å². The van der Waals surface area contributed by atoms with Gasteiger partial charge in [0.2, 0.25) is 5.91 Å². The lowest BCUT2D eigenvalue weighted by Gasteiger charge is -2.06. The van der Waals surface area contributed by atoms with Crippen LogP contribution in [0.15, 0.2) is 54.6 Å². The fraction of sp³-hybridized carbons (Fsp3) is 0.238. The molecule has 2 aromatic carbocycles. The van der Waals surface area contributed by atoms with E-state index in [1.807, 2.05) is 12.1 Å². The number of anilines is 1.